The number of carbonyl (C=O) groups is 2. The zero-order valence-electron chi connectivity index (χ0n) is 14.4. The Morgan fingerprint density at radius 1 is 1.35 bits per heavy atom. The average molecular weight is 378 g/mol. The van der Waals surface area contributed by atoms with Gasteiger partial charge in [-0.05, 0) is 25.5 Å². The second-order valence-electron chi connectivity index (χ2n) is 6.26. The largest absolute Gasteiger partial charge is 0.490 e. The molecule has 0 aromatic carbocycles. The fourth-order valence-corrected chi connectivity index (χ4v) is 3.12. The number of amides is 1. The van der Waals surface area contributed by atoms with Gasteiger partial charge in [0.2, 0.25) is 5.91 Å². The summed E-state index contributed by atoms with van der Waals surface area (Å²) in [6.07, 6.45) is -4.05. The molecule has 1 aromatic heterocycles. The molecular weight excluding hydrogens is 357 g/mol. The minimum atomic E-state index is -5.08. The molecule has 3 heterocycles. The summed E-state index contributed by atoms with van der Waals surface area (Å²) in [6, 6.07) is 4.00. The van der Waals surface area contributed by atoms with Gasteiger partial charge in [0, 0.05) is 20.1 Å². The van der Waals surface area contributed by atoms with Crippen molar-refractivity contribution in [3.8, 4) is 0 Å². The number of furan rings is 1. The van der Waals surface area contributed by atoms with Gasteiger partial charge in [0.05, 0.1) is 24.7 Å². The third-order valence-electron chi connectivity index (χ3n) is 4.23. The molecule has 0 aliphatic carbocycles. The molecule has 0 radical (unpaired) electrons. The Balaban J connectivity index is 0.000000298. The van der Waals surface area contributed by atoms with E-state index >= 15 is 0 Å². The number of aliphatic carboxylic acids is 1. The first-order chi connectivity index (χ1) is 12.1. The van der Waals surface area contributed by atoms with Gasteiger partial charge in [0.15, 0.2) is 0 Å². The summed E-state index contributed by atoms with van der Waals surface area (Å²) in [5.41, 5.74) is 0. The minimum Gasteiger partial charge on any atom is -0.475 e. The first-order valence-corrected chi connectivity index (χ1v) is 8.05. The van der Waals surface area contributed by atoms with Crippen LogP contribution in [0.5, 0.6) is 0 Å². The molecule has 3 atom stereocenters. The van der Waals surface area contributed by atoms with Gasteiger partial charge >= 0.3 is 12.1 Å². The van der Waals surface area contributed by atoms with Crippen LogP contribution in [0.2, 0.25) is 0 Å². The van der Waals surface area contributed by atoms with E-state index in [1.165, 1.54) is 0 Å². The summed E-state index contributed by atoms with van der Waals surface area (Å²) in [5.74, 6) is -0.737. The van der Waals surface area contributed by atoms with Crippen LogP contribution in [-0.4, -0.2) is 60.4 Å². The maximum absolute atomic E-state index is 11.8. The van der Waals surface area contributed by atoms with Gasteiger partial charge in [-0.3, -0.25) is 9.69 Å². The first kappa shape index (κ1) is 20.2. The molecule has 3 rings (SSSR count). The van der Waals surface area contributed by atoms with Crippen molar-refractivity contribution >= 4 is 11.9 Å². The molecule has 2 aliphatic rings. The number of alkyl halides is 3. The van der Waals surface area contributed by atoms with Crippen molar-refractivity contribution in [3.05, 3.63) is 23.7 Å². The number of nitrogens with zero attached hydrogens (tertiary/aromatic N) is 1. The highest BCUT2D eigenvalue weighted by Gasteiger charge is 2.44. The Bertz CT molecular complexity index is 646. The van der Waals surface area contributed by atoms with Crippen LogP contribution in [0, 0.1) is 12.8 Å². The van der Waals surface area contributed by atoms with Crippen molar-refractivity contribution in [1.82, 2.24) is 10.2 Å². The standard InChI is InChI=1S/C14H20N2O3.C2HF3O2/c1-9-3-4-10(18-9)6-16-7-11-5-12(14(17)15-2)13(8-16)19-11;3-2(4,5)1(6)7/h3-4,11-13H,5-8H2,1-2H3,(H,15,17);(H,6,7). The lowest BCUT2D eigenvalue weighted by molar-refractivity contribution is -0.192. The maximum atomic E-state index is 11.8. The van der Waals surface area contributed by atoms with Gasteiger partial charge in [-0.1, -0.05) is 0 Å². The van der Waals surface area contributed by atoms with Crippen LogP contribution in [0.25, 0.3) is 0 Å². The van der Waals surface area contributed by atoms with E-state index in [1.807, 2.05) is 19.1 Å². The normalized spacial score (nSPS) is 25.3. The molecule has 1 aromatic rings. The van der Waals surface area contributed by atoms with Crippen LogP contribution >= 0.6 is 0 Å². The van der Waals surface area contributed by atoms with Crippen molar-refractivity contribution in [2.75, 3.05) is 20.1 Å². The molecule has 3 unspecified atom stereocenters. The van der Waals surface area contributed by atoms with Gasteiger partial charge in [-0.2, -0.15) is 13.2 Å². The number of carbonyl (C=O) groups excluding carboxylic acids is 1. The summed E-state index contributed by atoms with van der Waals surface area (Å²) in [7, 11) is 1.69. The monoisotopic (exact) mass is 378 g/mol. The molecule has 2 saturated heterocycles. The van der Waals surface area contributed by atoms with Crippen LogP contribution in [0.1, 0.15) is 17.9 Å². The van der Waals surface area contributed by atoms with Gasteiger partial charge < -0.3 is 19.6 Å². The van der Waals surface area contributed by atoms with Crippen molar-refractivity contribution in [2.24, 2.45) is 5.92 Å². The topological polar surface area (TPSA) is 92.0 Å². The second kappa shape index (κ2) is 8.09. The van der Waals surface area contributed by atoms with Gasteiger partial charge in [0.1, 0.15) is 11.5 Å². The zero-order valence-corrected chi connectivity index (χ0v) is 14.4. The molecule has 146 valence electrons. The number of fused-ring (bicyclic) bond motifs is 2. The van der Waals surface area contributed by atoms with Crippen LogP contribution in [0.15, 0.2) is 16.5 Å². The van der Waals surface area contributed by atoms with E-state index in [4.69, 9.17) is 19.1 Å². The molecule has 0 saturated carbocycles. The fourth-order valence-electron chi connectivity index (χ4n) is 3.12. The summed E-state index contributed by atoms with van der Waals surface area (Å²) >= 11 is 0. The maximum Gasteiger partial charge on any atom is 0.490 e. The summed E-state index contributed by atoms with van der Waals surface area (Å²) in [6.45, 7) is 4.43. The van der Waals surface area contributed by atoms with E-state index in [-0.39, 0.29) is 24.0 Å². The number of hydrogen-bond donors (Lipinski definition) is 2. The number of ether oxygens (including phenoxy) is 1. The zero-order chi connectivity index (χ0) is 19.5. The van der Waals surface area contributed by atoms with E-state index in [0.29, 0.717) is 0 Å². The van der Waals surface area contributed by atoms with Crippen molar-refractivity contribution < 1.29 is 37.0 Å². The number of likely N-dealkylation sites (tertiary alicyclic amines) is 1. The second-order valence-corrected chi connectivity index (χ2v) is 6.26. The molecular formula is C16H21F3N2O5. The number of carboxylic acids is 1. The van der Waals surface area contributed by atoms with Gasteiger partial charge in [0.25, 0.3) is 0 Å². The quantitative estimate of drug-likeness (QED) is 0.829. The van der Waals surface area contributed by atoms with Gasteiger partial charge in [-0.25, -0.2) is 4.79 Å². The summed E-state index contributed by atoms with van der Waals surface area (Å²) in [4.78, 5) is 23.0. The van der Waals surface area contributed by atoms with Gasteiger partial charge in [-0.15, -0.1) is 0 Å². The lowest BCUT2D eigenvalue weighted by Crippen LogP contribution is -2.44. The third-order valence-corrected chi connectivity index (χ3v) is 4.23. The number of nitrogens with one attached hydrogen (secondary N) is 1. The Kier molecular flexibility index (Phi) is 6.30. The predicted molar refractivity (Wildman–Crippen MR) is 83.2 cm³/mol. The SMILES string of the molecule is CNC(=O)C1CC2CN(Cc3ccc(C)o3)CC1O2.O=C(O)C(F)(F)F. The fraction of sp³-hybridized carbons (Fsp3) is 0.625. The Morgan fingerprint density at radius 3 is 2.50 bits per heavy atom. The number of hydrogen-bond acceptors (Lipinski definition) is 5. The molecule has 2 N–H and O–H groups in total. The highest BCUT2D eigenvalue weighted by molar-refractivity contribution is 5.79. The lowest BCUT2D eigenvalue weighted by Gasteiger charge is -2.32. The van der Waals surface area contributed by atoms with Crippen LogP contribution in [-0.2, 0) is 20.9 Å². The number of carboxylic acid groups (broad SMARTS) is 1. The van der Waals surface area contributed by atoms with Crippen LogP contribution in [0.3, 0.4) is 0 Å². The van der Waals surface area contributed by atoms with Crippen LogP contribution < -0.4 is 5.32 Å². The van der Waals surface area contributed by atoms with Crippen molar-refractivity contribution in [2.45, 2.75) is 38.3 Å². The molecule has 7 nitrogen and oxygen atoms in total. The minimum absolute atomic E-state index is 0.00154. The molecule has 2 aliphatic heterocycles. The molecule has 1 amide bonds. The highest BCUT2D eigenvalue weighted by atomic mass is 19.4. The summed E-state index contributed by atoms with van der Waals surface area (Å²) < 4.78 is 43.2. The molecule has 0 spiro atoms. The van der Waals surface area contributed by atoms with E-state index in [9.17, 15) is 18.0 Å². The summed E-state index contributed by atoms with van der Waals surface area (Å²) in [5, 5.41) is 9.86. The van der Waals surface area contributed by atoms with E-state index in [2.05, 4.69) is 10.2 Å². The Morgan fingerprint density at radius 2 is 2.00 bits per heavy atom. The predicted octanol–water partition coefficient (Wildman–Crippen LogP) is 1.56. The third kappa shape index (κ3) is 5.21. The van der Waals surface area contributed by atoms with E-state index in [0.717, 1.165) is 37.6 Å². The van der Waals surface area contributed by atoms with E-state index in [1.54, 1.807) is 7.05 Å². The molecule has 26 heavy (non-hydrogen) atoms. The van der Waals surface area contributed by atoms with Crippen LogP contribution in [0.4, 0.5) is 13.2 Å². The molecule has 2 fully saturated rings. The highest BCUT2D eigenvalue weighted by Crippen LogP contribution is 2.32. The Labute approximate surface area is 148 Å². The van der Waals surface area contributed by atoms with Crippen molar-refractivity contribution in [1.29, 1.82) is 0 Å². The Hall–Kier alpha value is -2.07. The number of morpholine rings is 1. The number of aryl methyl sites for hydroxylation is 1. The molecule has 10 heteroatoms. The lowest BCUT2D eigenvalue weighted by atomic mass is 10.00. The smallest absolute Gasteiger partial charge is 0.475 e. The molecule has 2 bridgehead atoms. The van der Waals surface area contributed by atoms with E-state index < -0.39 is 12.1 Å². The van der Waals surface area contributed by atoms with Crippen molar-refractivity contribution in [3.63, 3.8) is 0 Å². The first-order valence-electron chi connectivity index (χ1n) is 8.05. The number of rotatable bonds is 3. The average Bonchev–Trinajstić information content (AvgIpc) is 3.09. The number of halogens is 3.